The number of rotatable bonds is 4. The fourth-order valence-electron chi connectivity index (χ4n) is 4.43. The molecule has 4 heteroatoms. The molecule has 2 aliphatic carbocycles. The van der Waals surface area contributed by atoms with Gasteiger partial charge in [-0.15, -0.1) is 0 Å². The van der Waals surface area contributed by atoms with Crippen LogP contribution in [0.1, 0.15) is 64.7 Å². The van der Waals surface area contributed by atoms with E-state index < -0.39 is 0 Å². The summed E-state index contributed by atoms with van der Waals surface area (Å²) in [5.41, 5.74) is 0. The zero-order valence-corrected chi connectivity index (χ0v) is 13.1. The van der Waals surface area contributed by atoms with Gasteiger partial charge in [0, 0.05) is 12.1 Å². The molecule has 0 aromatic carbocycles. The highest BCUT2D eigenvalue weighted by Crippen LogP contribution is 2.40. The van der Waals surface area contributed by atoms with Crippen molar-refractivity contribution in [2.75, 3.05) is 6.54 Å². The van der Waals surface area contributed by atoms with Gasteiger partial charge < -0.3 is 5.32 Å². The third-order valence-corrected chi connectivity index (χ3v) is 5.62. The topological polar surface area (TPSA) is 49.4 Å². The Kier molecular flexibility index (Phi) is 4.63. The van der Waals surface area contributed by atoms with Gasteiger partial charge in [0.2, 0.25) is 11.8 Å². The third kappa shape index (κ3) is 2.87. The molecule has 2 unspecified atom stereocenters. The van der Waals surface area contributed by atoms with Crippen LogP contribution in [0.2, 0.25) is 0 Å². The first-order chi connectivity index (χ1) is 10.2. The molecule has 4 nitrogen and oxygen atoms in total. The van der Waals surface area contributed by atoms with Crippen LogP contribution in [0.25, 0.3) is 0 Å². The summed E-state index contributed by atoms with van der Waals surface area (Å²) in [5, 5.41) is 3.57. The van der Waals surface area contributed by atoms with Gasteiger partial charge in [-0.25, -0.2) is 0 Å². The minimum absolute atomic E-state index is 0.0159. The average molecular weight is 292 g/mol. The van der Waals surface area contributed by atoms with Crippen molar-refractivity contribution < 1.29 is 9.59 Å². The summed E-state index contributed by atoms with van der Waals surface area (Å²) in [6, 6.07) is 0.756. The smallest absolute Gasteiger partial charge is 0.233 e. The molecule has 1 heterocycles. The zero-order valence-electron chi connectivity index (χ0n) is 13.1. The van der Waals surface area contributed by atoms with Crippen molar-refractivity contribution in [3.63, 3.8) is 0 Å². The maximum atomic E-state index is 12.6. The Bertz CT molecular complexity index is 378. The maximum Gasteiger partial charge on any atom is 0.233 e. The van der Waals surface area contributed by atoms with Gasteiger partial charge in [0.05, 0.1) is 11.8 Å². The number of nitrogens with one attached hydrogen (secondary N) is 1. The van der Waals surface area contributed by atoms with Crippen molar-refractivity contribution in [2.24, 2.45) is 11.8 Å². The van der Waals surface area contributed by atoms with Crippen LogP contribution in [0.5, 0.6) is 0 Å². The number of nitrogens with zero attached hydrogens (tertiary/aromatic N) is 1. The van der Waals surface area contributed by atoms with Gasteiger partial charge in [-0.3, -0.25) is 14.5 Å². The minimum Gasteiger partial charge on any atom is -0.314 e. The molecule has 0 bridgehead atoms. The molecule has 0 aromatic rings. The van der Waals surface area contributed by atoms with Crippen LogP contribution < -0.4 is 5.32 Å². The highest BCUT2D eigenvalue weighted by Gasteiger charge is 2.50. The average Bonchev–Trinajstić information content (AvgIpc) is 2.78. The van der Waals surface area contributed by atoms with Gasteiger partial charge in [0.25, 0.3) is 0 Å². The lowest BCUT2D eigenvalue weighted by molar-refractivity contribution is -0.143. The minimum atomic E-state index is 0.0159. The molecule has 0 radical (unpaired) electrons. The fourth-order valence-corrected chi connectivity index (χ4v) is 4.43. The lowest BCUT2D eigenvalue weighted by Crippen LogP contribution is -2.45. The number of carbonyl (C=O) groups excluding carboxylic acids is 2. The van der Waals surface area contributed by atoms with E-state index in [1.807, 2.05) is 0 Å². The Balaban J connectivity index is 1.60. The van der Waals surface area contributed by atoms with Gasteiger partial charge >= 0.3 is 0 Å². The number of imide groups is 1. The first kappa shape index (κ1) is 15.0. The van der Waals surface area contributed by atoms with Crippen LogP contribution in [0.4, 0.5) is 0 Å². The first-order valence-electron chi connectivity index (χ1n) is 8.82. The second-order valence-electron chi connectivity index (χ2n) is 7.00. The van der Waals surface area contributed by atoms with Crippen LogP contribution in [0.3, 0.4) is 0 Å². The first-order valence-corrected chi connectivity index (χ1v) is 8.82. The van der Waals surface area contributed by atoms with Gasteiger partial charge in [0.15, 0.2) is 0 Å². The number of hydrogen-bond donors (Lipinski definition) is 1. The van der Waals surface area contributed by atoms with Crippen molar-refractivity contribution in [1.29, 1.82) is 0 Å². The van der Waals surface area contributed by atoms with E-state index in [2.05, 4.69) is 12.2 Å². The van der Waals surface area contributed by atoms with Crippen LogP contribution >= 0.6 is 0 Å². The predicted molar refractivity (Wildman–Crippen MR) is 81.6 cm³/mol. The monoisotopic (exact) mass is 292 g/mol. The van der Waals surface area contributed by atoms with E-state index in [9.17, 15) is 9.59 Å². The van der Waals surface area contributed by atoms with E-state index in [1.54, 1.807) is 4.90 Å². The summed E-state index contributed by atoms with van der Waals surface area (Å²) in [6.07, 6.45) is 9.40. The Morgan fingerprint density at radius 1 is 0.952 bits per heavy atom. The second-order valence-corrected chi connectivity index (χ2v) is 7.00. The summed E-state index contributed by atoms with van der Waals surface area (Å²) in [6.45, 7) is 3.25. The molecule has 2 saturated carbocycles. The predicted octanol–water partition coefficient (Wildman–Crippen LogP) is 2.47. The second kappa shape index (κ2) is 6.47. The molecule has 21 heavy (non-hydrogen) atoms. The highest BCUT2D eigenvalue weighted by atomic mass is 16.2. The molecular weight excluding hydrogens is 264 g/mol. The number of likely N-dealkylation sites (tertiary alicyclic amines) is 1. The van der Waals surface area contributed by atoms with Gasteiger partial charge in [-0.2, -0.15) is 0 Å². The molecule has 2 amide bonds. The number of carbonyl (C=O) groups is 2. The van der Waals surface area contributed by atoms with Crippen molar-refractivity contribution >= 4 is 11.8 Å². The Morgan fingerprint density at radius 2 is 1.52 bits per heavy atom. The van der Waals surface area contributed by atoms with Gasteiger partial charge in [-0.05, 0) is 51.5 Å². The van der Waals surface area contributed by atoms with E-state index in [4.69, 9.17) is 0 Å². The molecule has 3 fully saturated rings. The van der Waals surface area contributed by atoms with Gasteiger partial charge in [-0.1, -0.05) is 19.8 Å². The van der Waals surface area contributed by atoms with Crippen LogP contribution in [0.15, 0.2) is 0 Å². The lowest BCUT2D eigenvalue weighted by atomic mass is 9.81. The van der Waals surface area contributed by atoms with Crippen LogP contribution in [-0.2, 0) is 9.59 Å². The van der Waals surface area contributed by atoms with Crippen LogP contribution in [-0.4, -0.2) is 35.3 Å². The quantitative estimate of drug-likeness (QED) is 0.810. The SMILES string of the molecule is CCCNC1CCC(N2C(=O)C3CCCCC3C2=O)CC1. The number of hydrogen-bond acceptors (Lipinski definition) is 3. The Labute approximate surface area is 127 Å². The molecule has 1 saturated heterocycles. The summed E-state index contributed by atoms with van der Waals surface area (Å²) >= 11 is 0. The van der Waals surface area contributed by atoms with E-state index in [-0.39, 0.29) is 29.7 Å². The van der Waals surface area contributed by atoms with Gasteiger partial charge in [0.1, 0.15) is 0 Å². The molecule has 3 aliphatic rings. The Morgan fingerprint density at radius 3 is 2.05 bits per heavy atom. The number of fused-ring (bicyclic) bond motifs is 1. The van der Waals surface area contributed by atoms with E-state index in [0.29, 0.717) is 6.04 Å². The summed E-state index contributed by atoms with van der Waals surface area (Å²) < 4.78 is 0. The zero-order chi connectivity index (χ0) is 14.8. The third-order valence-electron chi connectivity index (χ3n) is 5.62. The van der Waals surface area contributed by atoms with Crippen molar-refractivity contribution in [1.82, 2.24) is 10.2 Å². The standard InChI is InChI=1S/C17H28N2O2/c1-2-11-18-12-7-9-13(10-8-12)19-16(20)14-5-3-4-6-15(14)17(19)21/h12-15,18H,2-11H2,1H3. The molecule has 1 N–H and O–H groups in total. The molecular formula is C17H28N2O2. The van der Waals surface area contributed by atoms with Crippen molar-refractivity contribution in [2.45, 2.75) is 76.8 Å². The van der Waals surface area contributed by atoms with Crippen molar-refractivity contribution in [3.8, 4) is 0 Å². The summed E-state index contributed by atoms with van der Waals surface area (Å²) in [4.78, 5) is 26.9. The molecule has 0 aromatic heterocycles. The summed E-state index contributed by atoms with van der Waals surface area (Å²) in [5.74, 6) is 0.328. The normalized spacial score (nSPS) is 36.9. The van der Waals surface area contributed by atoms with E-state index >= 15 is 0 Å². The van der Waals surface area contributed by atoms with E-state index in [0.717, 1.165) is 64.3 Å². The van der Waals surface area contributed by atoms with Crippen molar-refractivity contribution in [3.05, 3.63) is 0 Å². The highest BCUT2D eigenvalue weighted by molar-refractivity contribution is 6.05. The fraction of sp³-hybridized carbons (Fsp3) is 0.882. The maximum absolute atomic E-state index is 12.6. The van der Waals surface area contributed by atoms with E-state index in [1.165, 1.54) is 0 Å². The number of amides is 2. The molecule has 0 spiro atoms. The molecule has 1 aliphatic heterocycles. The van der Waals surface area contributed by atoms with Crippen LogP contribution in [0, 0.1) is 11.8 Å². The molecule has 2 atom stereocenters. The molecule has 118 valence electrons. The molecule has 3 rings (SSSR count). The summed E-state index contributed by atoms with van der Waals surface area (Å²) in [7, 11) is 0. The lowest BCUT2D eigenvalue weighted by Gasteiger charge is -2.34. The Hall–Kier alpha value is -0.900. The largest absolute Gasteiger partial charge is 0.314 e.